The van der Waals surface area contributed by atoms with Crippen LogP contribution in [-0.4, -0.2) is 33.1 Å². The van der Waals surface area contributed by atoms with E-state index in [1.807, 2.05) is 0 Å². The van der Waals surface area contributed by atoms with Crippen LogP contribution < -0.4 is 0 Å². The quantitative estimate of drug-likeness (QED) is 0.606. The summed E-state index contributed by atoms with van der Waals surface area (Å²) in [5.74, 6) is -0.141. The van der Waals surface area contributed by atoms with Crippen LogP contribution in [0.2, 0.25) is 0 Å². The van der Waals surface area contributed by atoms with Crippen molar-refractivity contribution in [3.8, 4) is 0 Å². The maximum Gasteiger partial charge on any atom is 0.230 e. The fourth-order valence-corrected chi connectivity index (χ4v) is 1.39. The molecule has 0 spiro atoms. The molecule has 0 radical (unpaired) electrons. The van der Waals surface area contributed by atoms with Gasteiger partial charge in [-0.15, -0.1) is 0 Å². The molecular weight excluding hydrogens is 182 g/mol. The third kappa shape index (κ3) is 1.76. The Bertz CT molecular complexity index is 364. The van der Waals surface area contributed by atoms with Crippen LogP contribution in [0.15, 0.2) is 18.6 Å². The molecule has 0 unspecified atom stereocenters. The second-order valence-corrected chi connectivity index (χ2v) is 3.17. The van der Waals surface area contributed by atoms with E-state index in [-0.39, 0.29) is 24.7 Å². The minimum absolute atomic E-state index is 0.0240. The molecule has 0 bridgehead atoms. The minimum Gasteiger partial charge on any atom is -0.329 e. The molecule has 0 saturated carbocycles. The largest absolute Gasteiger partial charge is 0.329 e. The van der Waals surface area contributed by atoms with Crippen LogP contribution in [0.25, 0.3) is 0 Å². The van der Waals surface area contributed by atoms with E-state index in [0.717, 1.165) is 5.69 Å². The first-order chi connectivity index (χ1) is 6.75. The van der Waals surface area contributed by atoms with Gasteiger partial charge in [0.25, 0.3) is 0 Å². The maximum atomic E-state index is 11.3. The zero-order valence-electron chi connectivity index (χ0n) is 7.51. The molecule has 1 aliphatic heterocycles. The number of Topliss-reactive ketones (excluding diaryl/α,β-unsaturated/α-hetero) is 1. The van der Waals surface area contributed by atoms with Crippen LogP contribution in [0.5, 0.6) is 0 Å². The highest BCUT2D eigenvalue weighted by Crippen LogP contribution is 2.09. The average molecular weight is 191 g/mol. The predicted octanol–water partition coefficient (Wildman–Crippen LogP) is -0.222. The second-order valence-electron chi connectivity index (χ2n) is 3.17. The lowest BCUT2D eigenvalue weighted by Crippen LogP contribution is -2.25. The van der Waals surface area contributed by atoms with E-state index in [0.29, 0.717) is 6.54 Å². The van der Waals surface area contributed by atoms with Crippen LogP contribution in [0.1, 0.15) is 12.1 Å². The van der Waals surface area contributed by atoms with Crippen molar-refractivity contribution in [2.75, 3.05) is 6.54 Å². The van der Waals surface area contributed by atoms with Crippen molar-refractivity contribution in [3.05, 3.63) is 24.3 Å². The van der Waals surface area contributed by atoms with Crippen LogP contribution in [-0.2, 0) is 16.1 Å². The molecule has 1 amide bonds. The number of hydrogen-bond acceptors (Lipinski definition) is 4. The summed E-state index contributed by atoms with van der Waals surface area (Å²) in [4.78, 5) is 31.5. The van der Waals surface area contributed by atoms with Gasteiger partial charge >= 0.3 is 0 Å². The Kier molecular flexibility index (Phi) is 2.22. The van der Waals surface area contributed by atoms with E-state index in [9.17, 15) is 9.59 Å². The van der Waals surface area contributed by atoms with Gasteiger partial charge in [-0.2, -0.15) is 0 Å². The highest BCUT2D eigenvalue weighted by atomic mass is 16.2. The number of ketones is 1. The van der Waals surface area contributed by atoms with E-state index in [2.05, 4.69) is 9.97 Å². The summed E-state index contributed by atoms with van der Waals surface area (Å²) in [6.45, 7) is 0.607. The van der Waals surface area contributed by atoms with Crippen molar-refractivity contribution < 1.29 is 9.59 Å². The molecule has 14 heavy (non-hydrogen) atoms. The Labute approximate surface area is 80.8 Å². The molecule has 1 fully saturated rings. The molecule has 5 nitrogen and oxygen atoms in total. The van der Waals surface area contributed by atoms with Crippen molar-refractivity contribution >= 4 is 11.7 Å². The van der Waals surface area contributed by atoms with E-state index >= 15 is 0 Å². The van der Waals surface area contributed by atoms with Crippen molar-refractivity contribution in [2.24, 2.45) is 0 Å². The number of amides is 1. The Morgan fingerprint density at radius 2 is 2.29 bits per heavy atom. The molecule has 1 aromatic heterocycles. The highest BCUT2D eigenvalue weighted by Gasteiger charge is 2.27. The van der Waals surface area contributed by atoms with Gasteiger partial charge in [0.2, 0.25) is 5.91 Å². The van der Waals surface area contributed by atoms with Crippen LogP contribution >= 0.6 is 0 Å². The Balaban J connectivity index is 2.05. The first-order valence-corrected chi connectivity index (χ1v) is 4.30. The minimum atomic E-state index is -0.117. The number of rotatable bonds is 2. The van der Waals surface area contributed by atoms with Crippen molar-refractivity contribution in [2.45, 2.75) is 13.0 Å². The number of likely N-dealkylation sites (tertiary alicyclic amines) is 1. The Morgan fingerprint density at radius 1 is 1.43 bits per heavy atom. The highest BCUT2D eigenvalue weighted by molar-refractivity contribution is 6.05. The standard InChI is InChI=1S/C9H9N3O2/c13-8-3-9(14)12(5-8)4-7-1-2-10-6-11-7/h1-2,6H,3-5H2. The summed E-state index contributed by atoms with van der Waals surface area (Å²) < 4.78 is 0. The van der Waals surface area contributed by atoms with Gasteiger partial charge in [0.1, 0.15) is 6.33 Å². The number of carbonyl (C=O) groups is 2. The molecule has 5 heteroatoms. The van der Waals surface area contributed by atoms with Crippen molar-refractivity contribution in [3.63, 3.8) is 0 Å². The van der Waals surface area contributed by atoms with Crippen molar-refractivity contribution in [1.82, 2.24) is 14.9 Å². The molecule has 2 heterocycles. The molecule has 1 aromatic rings. The summed E-state index contributed by atoms with van der Waals surface area (Å²) >= 11 is 0. The zero-order chi connectivity index (χ0) is 9.97. The monoisotopic (exact) mass is 191 g/mol. The van der Waals surface area contributed by atoms with E-state index < -0.39 is 0 Å². The van der Waals surface area contributed by atoms with Gasteiger partial charge in [-0.3, -0.25) is 9.59 Å². The van der Waals surface area contributed by atoms with E-state index in [4.69, 9.17) is 0 Å². The SMILES string of the molecule is O=C1CC(=O)N(Cc2ccncn2)C1. The molecule has 0 atom stereocenters. The lowest BCUT2D eigenvalue weighted by Gasteiger charge is -2.12. The summed E-state index contributed by atoms with van der Waals surface area (Å²) in [5, 5.41) is 0. The summed E-state index contributed by atoms with van der Waals surface area (Å²) in [6, 6.07) is 1.73. The van der Waals surface area contributed by atoms with Gasteiger partial charge in [-0.25, -0.2) is 9.97 Å². The smallest absolute Gasteiger partial charge is 0.230 e. The number of hydrogen-bond donors (Lipinski definition) is 0. The summed E-state index contributed by atoms with van der Waals surface area (Å²) in [6.07, 6.45) is 3.08. The Hall–Kier alpha value is -1.78. The summed E-state index contributed by atoms with van der Waals surface area (Å²) in [5.41, 5.74) is 0.753. The van der Waals surface area contributed by atoms with Gasteiger partial charge in [0.05, 0.1) is 25.2 Å². The van der Waals surface area contributed by atoms with Crippen LogP contribution in [0, 0.1) is 0 Å². The molecule has 1 saturated heterocycles. The predicted molar refractivity (Wildman–Crippen MR) is 47.1 cm³/mol. The third-order valence-corrected chi connectivity index (χ3v) is 2.06. The summed E-state index contributed by atoms with van der Waals surface area (Å²) in [7, 11) is 0. The second kappa shape index (κ2) is 3.53. The lowest BCUT2D eigenvalue weighted by molar-refractivity contribution is -0.128. The normalized spacial score (nSPS) is 16.4. The van der Waals surface area contributed by atoms with E-state index in [1.54, 1.807) is 12.3 Å². The third-order valence-electron chi connectivity index (χ3n) is 2.06. The Morgan fingerprint density at radius 3 is 2.86 bits per heavy atom. The zero-order valence-corrected chi connectivity index (χ0v) is 7.51. The number of nitrogens with zero attached hydrogens (tertiary/aromatic N) is 3. The van der Waals surface area contributed by atoms with Crippen molar-refractivity contribution in [1.29, 1.82) is 0 Å². The van der Waals surface area contributed by atoms with Gasteiger partial charge in [-0.1, -0.05) is 0 Å². The first-order valence-electron chi connectivity index (χ1n) is 4.30. The fourth-order valence-electron chi connectivity index (χ4n) is 1.39. The van der Waals surface area contributed by atoms with Gasteiger partial charge in [0.15, 0.2) is 5.78 Å². The van der Waals surface area contributed by atoms with Crippen LogP contribution in [0.4, 0.5) is 0 Å². The van der Waals surface area contributed by atoms with Gasteiger partial charge < -0.3 is 4.90 Å². The molecule has 0 N–H and O–H groups in total. The molecular formula is C9H9N3O2. The van der Waals surface area contributed by atoms with Crippen LogP contribution in [0.3, 0.4) is 0 Å². The van der Waals surface area contributed by atoms with Gasteiger partial charge in [-0.05, 0) is 6.07 Å². The lowest BCUT2D eigenvalue weighted by atomic mass is 10.3. The average Bonchev–Trinajstić information content (AvgIpc) is 2.47. The maximum absolute atomic E-state index is 11.3. The van der Waals surface area contributed by atoms with E-state index in [1.165, 1.54) is 11.2 Å². The number of aromatic nitrogens is 2. The molecule has 72 valence electrons. The molecule has 0 aliphatic carbocycles. The fraction of sp³-hybridized carbons (Fsp3) is 0.333. The first kappa shape index (κ1) is 8.80. The topological polar surface area (TPSA) is 63.2 Å². The number of carbonyl (C=O) groups excluding carboxylic acids is 2. The molecule has 2 rings (SSSR count). The molecule has 0 aromatic carbocycles. The van der Waals surface area contributed by atoms with Gasteiger partial charge in [0, 0.05) is 6.20 Å². The molecule has 1 aliphatic rings.